The van der Waals surface area contributed by atoms with Gasteiger partial charge in [0.15, 0.2) is 0 Å². The Labute approximate surface area is 229 Å². The molecule has 1 aliphatic heterocycles. The SMILES string of the molecule is O=C(O)c1ccc2c(c1)CCCC(c1cccc(F)c1C(F)(F)F)=C2c1ccc(C=C2CN(CCCF)C2)cc1. The monoisotopic (exact) mass is 553 g/mol. The molecule has 0 unspecified atom stereocenters. The van der Waals surface area contributed by atoms with Crippen LogP contribution in [0.15, 0.2) is 66.2 Å². The highest BCUT2D eigenvalue weighted by molar-refractivity contribution is 6.01. The van der Waals surface area contributed by atoms with Crippen LogP contribution in [0.4, 0.5) is 22.0 Å². The van der Waals surface area contributed by atoms with E-state index < -0.39 is 23.5 Å². The van der Waals surface area contributed by atoms with Gasteiger partial charge in [-0.25, -0.2) is 9.18 Å². The Balaban J connectivity index is 1.62. The van der Waals surface area contributed by atoms with Crippen molar-refractivity contribution < 1.29 is 31.9 Å². The molecule has 1 fully saturated rings. The number of hydrogen-bond donors (Lipinski definition) is 1. The maximum Gasteiger partial charge on any atom is 0.419 e. The summed E-state index contributed by atoms with van der Waals surface area (Å²) in [4.78, 5) is 13.8. The lowest BCUT2D eigenvalue weighted by Gasteiger charge is -2.33. The molecule has 3 aromatic carbocycles. The number of carboxylic acids is 1. The van der Waals surface area contributed by atoms with Gasteiger partial charge in [-0.05, 0) is 88.4 Å². The number of alkyl halides is 4. The number of hydrogen-bond acceptors (Lipinski definition) is 2. The number of likely N-dealkylation sites (tertiary alicyclic amines) is 1. The first-order valence-corrected chi connectivity index (χ1v) is 13.2. The molecule has 1 saturated heterocycles. The quantitative estimate of drug-likeness (QED) is 0.303. The van der Waals surface area contributed by atoms with Crippen molar-refractivity contribution in [3.8, 4) is 0 Å². The standard InChI is InChI=1S/C32H28F5NO2/c33-14-3-15-38-18-21(19-38)16-20-8-10-22(11-9-20)29-25-13-12-24(31(39)40)17-23(25)4-1-5-26(29)27-6-2-7-28(34)30(27)32(35,36)37/h2,6-13,16-17H,1,3-5,14-15,18-19H2,(H,39,40). The zero-order chi connectivity index (χ0) is 28.4. The molecule has 40 heavy (non-hydrogen) atoms. The second kappa shape index (κ2) is 11.4. The Morgan fingerprint density at radius 1 is 0.975 bits per heavy atom. The van der Waals surface area contributed by atoms with Crippen molar-refractivity contribution in [1.82, 2.24) is 4.90 Å². The highest BCUT2D eigenvalue weighted by Gasteiger charge is 2.38. The molecule has 3 aromatic rings. The van der Waals surface area contributed by atoms with Crippen molar-refractivity contribution in [1.29, 1.82) is 0 Å². The van der Waals surface area contributed by atoms with Gasteiger partial charge in [0, 0.05) is 19.6 Å². The van der Waals surface area contributed by atoms with Crippen LogP contribution < -0.4 is 0 Å². The van der Waals surface area contributed by atoms with Gasteiger partial charge in [0.2, 0.25) is 0 Å². The summed E-state index contributed by atoms with van der Waals surface area (Å²) in [7, 11) is 0. The van der Waals surface area contributed by atoms with E-state index in [4.69, 9.17) is 0 Å². The fourth-order valence-electron chi connectivity index (χ4n) is 5.63. The van der Waals surface area contributed by atoms with E-state index >= 15 is 0 Å². The summed E-state index contributed by atoms with van der Waals surface area (Å²) in [6.07, 6.45) is -1.11. The van der Waals surface area contributed by atoms with Crippen LogP contribution >= 0.6 is 0 Å². The third-order valence-corrected chi connectivity index (χ3v) is 7.45. The number of halogens is 5. The van der Waals surface area contributed by atoms with Crippen molar-refractivity contribution in [2.75, 3.05) is 26.3 Å². The van der Waals surface area contributed by atoms with E-state index in [0.29, 0.717) is 48.1 Å². The molecule has 1 heterocycles. The maximum absolute atomic E-state index is 14.6. The van der Waals surface area contributed by atoms with E-state index in [-0.39, 0.29) is 24.2 Å². The Morgan fingerprint density at radius 3 is 2.40 bits per heavy atom. The molecule has 1 aliphatic carbocycles. The zero-order valence-corrected chi connectivity index (χ0v) is 21.7. The zero-order valence-electron chi connectivity index (χ0n) is 21.7. The van der Waals surface area contributed by atoms with E-state index in [0.717, 1.165) is 30.3 Å². The van der Waals surface area contributed by atoms with Crippen LogP contribution in [0, 0.1) is 5.82 Å². The first-order valence-electron chi connectivity index (χ1n) is 13.2. The minimum absolute atomic E-state index is 0.103. The van der Waals surface area contributed by atoms with Crippen LogP contribution in [-0.4, -0.2) is 42.3 Å². The summed E-state index contributed by atoms with van der Waals surface area (Å²) in [5, 5.41) is 9.51. The number of rotatable bonds is 7. The highest BCUT2D eigenvalue weighted by Crippen LogP contribution is 2.45. The predicted octanol–water partition coefficient (Wildman–Crippen LogP) is 7.90. The first kappa shape index (κ1) is 27.8. The van der Waals surface area contributed by atoms with Gasteiger partial charge in [-0.3, -0.25) is 9.29 Å². The molecule has 3 nitrogen and oxygen atoms in total. The minimum Gasteiger partial charge on any atom is -0.478 e. The third-order valence-electron chi connectivity index (χ3n) is 7.45. The molecule has 0 saturated carbocycles. The molecule has 0 atom stereocenters. The topological polar surface area (TPSA) is 40.5 Å². The van der Waals surface area contributed by atoms with E-state index in [2.05, 4.69) is 11.0 Å². The second-order valence-electron chi connectivity index (χ2n) is 10.2. The minimum atomic E-state index is -4.89. The number of benzene rings is 3. The fourth-order valence-corrected chi connectivity index (χ4v) is 5.63. The number of fused-ring (bicyclic) bond motifs is 1. The molecule has 8 heteroatoms. The number of carboxylic acid groups (broad SMARTS) is 1. The number of allylic oxidation sites excluding steroid dienone is 1. The van der Waals surface area contributed by atoms with E-state index in [1.54, 1.807) is 12.1 Å². The predicted molar refractivity (Wildman–Crippen MR) is 145 cm³/mol. The van der Waals surface area contributed by atoms with E-state index in [1.807, 2.05) is 24.3 Å². The number of nitrogens with zero attached hydrogens (tertiary/aromatic N) is 1. The number of aromatic carboxylic acids is 1. The van der Waals surface area contributed by atoms with Crippen LogP contribution in [0.2, 0.25) is 0 Å². The second-order valence-corrected chi connectivity index (χ2v) is 10.2. The number of aryl methyl sites for hydroxylation is 1. The normalized spacial score (nSPS) is 15.9. The smallest absolute Gasteiger partial charge is 0.419 e. The summed E-state index contributed by atoms with van der Waals surface area (Å²) in [5.74, 6) is -2.41. The van der Waals surface area contributed by atoms with Gasteiger partial charge in [-0.1, -0.05) is 48.5 Å². The average Bonchev–Trinajstić information content (AvgIpc) is 3.08. The molecular formula is C32H28F5NO2. The number of carbonyl (C=O) groups is 1. The molecule has 208 valence electrons. The molecule has 5 rings (SSSR count). The lowest BCUT2D eigenvalue weighted by molar-refractivity contribution is -0.140. The highest BCUT2D eigenvalue weighted by atomic mass is 19.4. The fraction of sp³-hybridized carbons (Fsp3) is 0.281. The van der Waals surface area contributed by atoms with Crippen molar-refractivity contribution in [3.05, 3.63) is 111 Å². The molecule has 1 N–H and O–H groups in total. The van der Waals surface area contributed by atoms with Gasteiger partial charge in [0.05, 0.1) is 17.8 Å². The van der Waals surface area contributed by atoms with Crippen molar-refractivity contribution >= 4 is 23.2 Å². The largest absolute Gasteiger partial charge is 0.478 e. The Morgan fingerprint density at radius 2 is 1.73 bits per heavy atom. The molecule has 0 aromatic heterocycles. The van der Waals surface area contributed by atoms with E-state index in [9.17, 15) is 31.9 Å². The van der Waals surface area contributed by atoms with Gasteiger partial charge in [-0.2, -0.15) is 13.2 Å². The van der Waals surface area contributed by atoms with Crippen molar-refractivity contribution in [3.63, 3.8) is 0 Å². The molecule has 0 bridgehead atoms. The first-order chi connectivity index (χ1) is 19.2. The molecular weight excluding hydrogens is 525 g/mol. The van der Waals surface area contributed by atoms with Gasteiger partial charge in [0.1, 0.15) is 5.82 Å². The maximum atomic E-state index is 14.6. The third kappa shape index (κ3) is 5.72. The summed E-state index contributed by atoms with van der Waals surface area (Å²) in [5.41, 5.74) is 3.70. The van der Waals surface area contributed by atoms with Crippen LogP contribution in [0.1, 0.15) is 63.0 Å². The Hall–Kier alpha value is -3.78. The van der Waals surface area contributed by atoms with Crippen LogP contribution in [-0.2, 0) is 12.6 Å². The van der Waals surface area contributed by atoms with Gasteiger partial charge >= 0.3 is 12.1 Å². The lowest BCUT2D eigenvalue weighted by atomic mass is 9.85. The van der Waals surface area contributed by atoms with Crippen LogP contribution in [0.25, 0.3) is 17.2 Å². The van der Waals surface area contributed by atoms with Gasteiger partial charge in [0.25, 0.3) is 0 Å². The Kier molecular flexibility index (Phi) is 7.90. The summed E-state index contributed by atoms with van der Waals surface area (Å²) in [6, 6.07) is 15.5. The summed E-state index contributed by atoms with van der Waals surface area (Å²) in [6.45, 7) is 1.93. The molecule has 0 spiro atoms. The van der Waals surface area contributed by atoms with Crippen molar-refractivity contribution in [2.24, 2.45) is 0 Å². The molecule has 2 aliphatic rings. The summed E-state index contributed by atoms with van der Waals surface area (Å²) < 4.78 is 69.3. The molecule has 0 radical (unpaired) electrons. The summed E-state index contributed by atoms with van der Waals surface area (Å²) >= 11 is 0. The lowest BCUT2D eigenvalue weighted by Crippen LogP contribution is -2.40. The van der Waals surface area contributed by atoms with Crippen LogP contribution in [0.3, 0.4) is 0 Å². The Bertz CT molecular complexity index is 1480. The average molecular weight is 554 g/mol. The van der Waals surface area contributed by atoms with Gasteiger partial charge < -0.3 is 5.11 Å². The van der Waals surface area contributed by atoms with Crippen LogP contribution in [0.5, 0.6) is 0 Å². The van der Waals surface area contributed by atoms with E-state index in [1.165, 1.54) is 23.8 Å². The van der Waals surface area contributed by atoms with Gasteiger partial charge in [-0.15, -0.1) is 0 Å². The molecule has 0 amide bonds. The van der Waals surface area contributed by atoms with Crippen molar-refractivity contribution in [2.45, 2.75) is 31.9 Å².